The topological polar surface area (TPSA) is 127 Å². The third kappa shape index (κ3) is 5.63. The van der Waals surface area contributed by atoms with Crippen LogP contribution in [-0.4, -0.2) is 24.3 Å². The van der Waals surface area contributed by atoms with Gasteiger partial charge in [0.15, 0.2) is 0 Å². The fourth-order valence-corrected chi connectivity index (χ4v) is 3.31. The van der Waals surface area contributed by atoms with E-state index in [-0.39, 0.29) is 16.8 Å². The van der Waals surface area contributed by atoms with Gasteiger partial charge in [0.05, 0.1) is 4.90 Å². The van der Waals surface area contributed by atoms with E-state index in [1.54, 1.807) is 43.3 Å². The van der Waals surface area contributed by atoms with Crippen molar-refractivity contribution in [3.05, 3.63) is 78.1 Å². The number of amides is 1. The number of hydrogen-bond donors (Lipinski definition) is 3. The zero-order valence-electron chi connectivity index (χ0n) is 15.5. The number of nitrogens with two attached hydrogens (primary N) is 1. The lowest BCUT2D eigenvalue weighted by Crippen LogP contribution is -2.15. The second kappa shape index (κ2) is 8.53. The lowest BCUT2D eigenvalue weighted by Gasteiger charge is -2.08. The van der Waals surface area contributed by atoms with E-state index >= 15 is 0 Å². The van der Waals surface area contributed by atoms with Crippen molar-refractivity contribution in [2.24, 2.45) is 0 Å². The molecule has 0 aliphatic carbocycles. The molecule has 0 fully saturated rings. The van der Waals surface area contributed by atoms with Crippen molar-refractivity contribution < 1.29 is 13.2 Å². The number of nitrogens with one attached hydrogen (secondary N) is 2. The summed E-state index contributed by atoms with van der Waals surface area (Å²) in [4.78, 5) is 20.0. The highest BCUT2D eigenvalue weighted by molar-refractivity contribution is 7.92. The van der Waals surface area contributed by atoms with Crippen molar-refractivity contribution in [1.82, 2.24) is 9.97 Å². The Morgan fingerprint density at radius 2 is 1.72 bits per heavy atom. The van der Waals surface area contributed by atoms with Crippen LogP contribution in [0.25, 0.3) is 6.08 Å². The van der Waals surface area contributed by atoms with Gasteiger partial charge in [-0.2, -0.15) is 0 Å². The Balaban J connectivity index is 1.64. The normalized spacial score (nSPS) is 11.3. The lowest BCUT2D eigenvalue weighted by molar-refractivity contribution is -0.111. The molecule has 1 heterocycles. The number of carbonyl (C=O) groups is 1. The van der Waals surface area contributed by atoms with Crippen LogP contribution in [0.1, 0.15) is 11.3 Å². The maximum atomic E-state index is 12.4. The van der Waals surface area contributed by atoms with Crippen LogP contribution in [0.2, 0.25) is 0 Å². The first-order chi connectivity index (χ1) is 13.8. The monoisotopic (exact) mass is 409 g/mol. The zero-order chi connectivity index (χ0) is 20.9. The summed E-state index contributed by atoms with van der Waals surface area (Å²) in [5.41, 5.74) is 8.20. The number of rotatable bonds is 6. The molecule has 0 radical (unpaired) electrons. The van der Waals surface area contributed by atoms with Gasteiger partial charge in [0.25, 0.3) is 10.0 Å². The van der Waals surface area contributed by atoms with Crippen LogP contribution < -0.4 is 15.8 Å². The molecule has 0 bridgehead atoms. The summed E-state index contributed by atoms with van der Waals surface area (Å²) in [6, 6.07) is 14.5. The molecule has 4 N–H and O–H groups in total. The molecule has 9 heteroatoms. The molecule has 29 heavy (non-hydrogen) atoms. The minimum Gasteiger partial charge on any atom is -0.399 e. The predicted molar refractivity (Wildman–Crippen MR) is 113 cm³/mol. The predicted octanol–water partition coefficient (Wildman–Crippen LogP) is 2.82. The molecule has 0 atom stereocenters. The average Bonchev–Trinajstić information content (AvgIpc) is 2.68. The van der Waals surface area contributed by atoms with Crippen LogP contribution in [0.5, 0.6) is 0 Å². The Morgan fingerprint density at radius 1 is 1.03 bits per heavy atom. The number of hydrogen-bond acceptors (Lipinski definition) is 6. The first-order valence-corrected chi connectivity index (χ1v) is 10.1. The fraction of sp³-hybridized carbons (Fsp3) is 0.0500. The van der Waals surface area contributed by atoms with Crippen LogP contribution in [0, 0.1) is 6.92 Å². The van der Waals surface area contributed by atoms with Crippen molar-refractivity contribution in [1.29, 1.82) is 0 Å². The number of anilines is 3. The summed E-state index contributed by atoms with van der Waals surface area (Å²) in [5.74, 6) is -0.348. The smallest absolute Gasteiger partial charge is 0.264 e. The highest BCUT2D eigenvalue weighted by Crippen LogP contribution is 2.17. The van der Waals surface area contributed by atoms with E-state index in [1.807, 2.05) is 0 Å². The number of aromatic nitrogens is 2. The Labute approximate surface area is 168 Å². The summed E-state index contributed by atoms with van der Waals surface area (Å²) in [6.07, 6.45) is 4.50. The molecule has 2 aromatic carbocycles. The van der Waals surface area contributed by atoms with Crippen LogP contribution in [0.3, 0.4) is 0 Å². The van der Waals surface area contributed by atoms with Gasteiger partial charge in [-0.15, -0.1) is 0 Å². The maximum Gasteiger partial charge on any atom is 0.264 e. The average molecular weight is 409 g/mol. The zero-order valence-corrected chi connectivity index (χ0v) is 16.3. The van der Waals surface area contributed by atoms with Gasteiger partial charge >= 0.3 is 0 Å². The maximum absolute atomic E-state index is 12.4. The van der Waals surface area contributed by atoms with E-state index in [9.17, 15) is 13.2 Å². The number of carbonyl (C=O) groups excluding carboxylic acids is 1. The third-order valence-electron chi connectivity index (χ3n) is 3.82. The van der Waals surface area contributed by atoms with Gasteiger partial charge in [-0.25, -0.2) is 23.1 Å². The molecule has 148 valence electrons. The van der Waals surface area contributed by atoms with E-state index in [2.05, 4.69) is 20.0 Å². The summed E-state index contributed by atoms with van der Waals surface area (Å²) in [5, 5.41) is 2.67. The quantitative estimate of drug-likeness (QED) is 0.424. The molecular weight excluding hydrogens is 390 g/mol. The van der Waals surface area contributed by atoms with Crippen LogP contribution in [0.4, 0.5) is 17.3 Å². The molecule has 1 aromatic heterocycles. The van der Waals surface area contributed by atoms with Gasteiger partial charge in [0.2, 0.25) is 11.9 Å². The standard InChI is InChI=1S/C20H19N5O3S/c1-14-12-13-22-20(23-14)25-29(27,28)18-9-7-17(8-10-18)24-19(26)11-4-15-2-5-16(21)6-3-15/h2-13H,21H2,1H3,(H,24,26)(H,22,23,25)/b11-4+. The minimum absolute atomic E-state index is 0.00446. The van der Waals surface area contributed by atoms with Gasteiger partial charge in [0, 0.05) is 29.3 Å². The molecule has 0 saturated heterocycles. The third-order valence-corrected chi connectivity index (χ3v) is 5.16. The van der Waals surface area contributed by atoms with Crippen molar-refractivity contribution in [3.63, 3.8) is 0 Å². The van der Waals surface area contributed by atoms with E-state index in [4.69, 9.17) is 5.73 Å². The Bertz CT molecular complexity index is 1140. The molecular formula is C20H19N5O3S. The highest BCUT2D eigenvalue weighted by Gasteiger charge is 2.15. The summed E-state index contributed by atoms with van der Waals surface area (Å²) in [7, 11) is -3.84. The van der Waals surface area contributed by atoms with Crippen LogP contribution in [-0.2, 0) is 14.8 Å². The molecule has 3 aromatic rings. The summed E-state index contributed by atoms with van der Waals surface area (Å²) < 4.78 is 27.2. The van der Waals surface area contributed by atoms with E-state index < -0.39 is 10.0 Å². The van der Waals surface area contributed by atoms with Crippen molar-refractivity contribution >= 4 is 39.3 Å². The molecule has 0 spiro atoms. The largest absolute Gasteiger partial charge is 0.399 e. The number of aryl methyl sites for hydroxylation is 1. The number of sulfonamides is 1. The Kier molecular flexibility index (Phi) is 5.89. The van der Waals surface area contributed by atoms with E-state index in [0.29, 0.717) is 17.1 Å². The number of nitrogens with zero attached hydrogens (tertiary/aromatic N) is 2. The van der Waals surface area contributed by atoms with E-state index in [0.717, 1.165) is 5.56 Å². The molecule has 3 rings (SSSR count). The van der Waals surface area contributed by atoms with Crippen LogP contribution in [0.15, 0.2) is 71.8 Å². The molecule has 8 nitrogen and oxygen atoms in total. The second-order valence-electron chi connectivity index (χ2n) is 6.14. The first-order valence-electron chi connectivity index (χ1n) is 8.59. The number of benzene rings is 2. The van der Waals surface area contributed by atoms with Gasteiger partial charge in [-0.1, -0.05) is 12.1 Å². The minimum atomic E-state index is -3.84. The van der Waals surface area contributed by atoms with Gasteiger partial charge in [-0.3, -0.25) is 4.79 Å². The van der Waals surface area contributed by atoms with Gasteiger partial charge in [-0.05, 0) is 61.0 Å². The molecule has 0 unspecified atom stereocenters. The second-order valence-corrected chi connectivity index (χ2v) is 7.82. The molecule has 0 saturated carbocycles. The molecule has 0 aliphatic heterocycles. The Hall–Kier alpha value is -3.72. The van der Waals surface area contributed by atoms with Crippen molar-refractivity contribution in [2.75, 3.05) is 15.8 Å². The molecule has 0 aliphatic rings. The molecule has 1 amide bonds. The fourth-order valence-electron chi connectivity index (χ4n) is 2.36. The SMILES string of the molecule is Cc1ccnc(NS(=O)(=O)c2ccc(NC(=O)/C=C/c3ccc(N)cc3)cc2)n1. The summed E-state index contributed by atoms with van der Waals surface area (Å²) >= 11 is 0. The van der Waals surface area contributed by atoms with Gasteiger partial charge < -0.3 is 11.1 Å². The van der Waals surface area contributed by atoms with Gasteiger partial charge in [0.1, 0.15) is 0 Å². The van der Waals surface area contributed by atoms with E-state index in [1.165, 1.54) is 36.5 Å². The van der Waals surface area contributed by atoms with Crippen molar-refractivity contribution in [3.8, 4) is 0 Å². The van der Waals surface area contributed by atoms with Crippen molar-refractivity contribution in [2.45, 2.75) is 11.8 Å². The highest BCUT2D eigenvalue weighted by atomic mass is 32.2. The number of nitrogen functional groups attached to an aromatic ring is 1. The lowest BCUT2D eigenvalue weighted by atomic mass is 10.2. The Morgan fingerprint density at radius 3 is 2.38 bits per heavy atom. The van der Waals surface area contributed by atoms with Crippen LogP contribution >= 0.6 is 0 Å². The summed E-state index contributed by atoms with van der Waals surface area (Å²) in [6.45, 7) is 1.73. The first kappa shape index (κ1) is 20.0.